The van der Waals surface area contributed by atoms with Crippen LogP contribution in [0.3, 0.4) is 0 Å². The lowest BCUT2D eigenvalue weighted by atomic mass is 9.81. The number of thiol groups is 1. The van der Waals surface area contributed by atoms with Gasteiger partial charge in [0.15, 0.2) is 0 Å². The minimum Gasteiger partial charge on any atom is -0.247 e. The van der Waals surface area contributed by atoms with Crippen LogP contribution in [0.2, 0.25) is 0 Å². The van der Waals surface area contributed by atoms with Crippen LogP contribution in [0.5, 0.6) is 0 Å². The molecule has 0 amide bonds. The predicted octanol–water partition coefficient (Wildman–Crippen LogP) is 1.56. The summed E-state index contributed by atoms with van der Waals surface area (Å²) in [6.45, 7) is 7.82. The normalized spacial score (nSPS) is 36.8. The fraction of sp³-hybridized carbons (Fsp3) is 1.00. The maximum absolute atomic E-state index is 4.26. The molecule has 0 N–H and O–H groups in total. The Kier molecular flexibility index (Phi) is 1.32. The zero-order chi connectivity index (χ0) is 6.36. The van der Waals surface area contributed by atoms with Gasteiger partial charge in [-0.15, -0.1) is 0 Å². The molecule has 1 rings (SSSR count). The van der Waals surface area contributed by atoms with Gasteiger partial charge in [-0.1, -0.05) is 19.7 Å². The molecule has 0 aromatic heterocycles. The molecule has 48 valence electrons. The van der Waals surface area contributed by atoms with Gasteiger partial charge in [0.1, 0.15) is 0 Å². The molecule has 0 aromatic carbocycles. The molecular weight excluding hydrogens is 118 g/mol. The molecule has 1 aliphatic heterocycles. The van der Waals surface area contributed by atoms with Crippen molar-refractivity contribution in [1.29, 1.82) is 0 Å². The van der Waals surface area contributed by atoms with E-state index in [1.807, 2.05) is 0 Å². The Morgan fingerprint density at radius 1 is 1.62 bits per heavy atom. The molecule has 0 saturated carbocycles. The van der Waals surface area contributed by atoms with Gasteiger partial charge in [-0.2, -0.15) is 0 Å². The van der Waals surface area contributed by atoms with E-state index in [-0.39, 0.29) is 0 Å². The van der Waals surface area contributed by atoms with E-state index in [0.717, 1.165) is 12.5 Å². The zero-order valence-electron chi connectivity index (χ0n) is 5.68. The van der Waals surface area contributed by atoms with Crippen molar-refractivity contribution in [2.45, 2.75) is 26.3 Å². The molecule has 0 aromatic rings. The molecule has 1 atom stereocenters. The van der Waals surface area contributed by atoms with Crippen LogP contribution in [0.25, 0.3) is 0 Å². The van der Waals surface area contributed by atoms with Crippen LogP contribution in [0.4, 0.5) is 0 Å². The van der Waals surface area contributed by atoms with E-state index in [4.69, 9.17) is 0 Å². The highest BCUT2D eigenvalue weighted by atomic mass is 32.1. The Morgan fingerprint density at radius 2 is 2.12 bits per heavy atom. The summed E-state index contributed by atoms with van der Waals surface area (Å²) in [5, 5.41) is 0. The third-order valence-corrected chi connectivity index (χ3v) is 3.00. The van der Waals surface area contributed by atoms with Gasteiger partial charge < -0.3 is 0 Å². The predicted molar refractivity (Wildman–Crippen MR) is 38.9 cm³/mol. The highest BCUT2D eigenvalue weighted by Crippen LogP contribution is 2.36. The van der Waals surface area contributed by atoms with Gasteiger partial charge in [-0.25, -0.2) is 4.31 Å². The molecule has 1 saturated heterocycles. The maximum Gasteiger partial charge on any atom is 0.0293 e. The van der Waals surface area contributed by atoms with Crippen molar-refractivity contribution in [3.8, 4) is 0 Å². The van der Waals surface area contributed by atoms with Crippen LogP contribution in [-0.4, -0.2) is 16.4 Å². The number of nitrogens with zero attached hydrogens (tertiary/aromatic N) is 1. The summed E-state index contributed by atoms with van der Waals surface area (Å²) in [5.74, 6) is 0.806. The minimum absolute atomic E-state index is 0.336. The molecule has 0 spiro atoms. The van der Waals surface area contributed by atoms with E-state index >= 15 is 0 Å². The fourth-order valence-corrected chi connectivity index (χ4v) is 1.30. The lowest BCUT2D eigenvalue weighted by molar-refractivity contribution is 0.0467. The Hall–Kier alpha value is 0.310. The Bertz CT molecular complexity index is 90.7. The minimum atomic E-state index is 0.336. The second-order valence-corrected chi connectivity index (χ2v) is 3.62. The molecule has 1 fully saturated rings. The lowest BCUT2D eigenvalue weighted by Crippen LogP contribution is -2.57. The lowest BCUT2D eigenvalue weighted by Gasteiger charge is -2.50. The van der Waals surface area contributed by atoms with E-state index in [2.05, 4.69) is 37.9 Å². The molecule has 2 heteroatoms. The van der Waals surface area contributed by atoms with E-state index in [1.165, 1.54) is 0 Å². The van der Waals surface area contributed by atoms with Crippen LogP contribution in [0.1, 0.15) is 20.8 Å². The van der Waals surface area contributed by atoms with Crippen molar-refractivity contribution in [1.82, 2.24) is 4.31 Å². The third kappa shape index (κ3) is 0.669. The molecule has 1 unspecified atom stereocenters. The first-order valence-corrected chi connectivity index (χ1v) is 3.41. The molecule has 0 bridgehead atoms. The second kappa shape index (κ2) is 1.64. The van der Waals surface area contributed by atoms with Gasteiger partial charge in [-0.3, -0.25) is 0 Å². The van der Waals surface area contributed by atoms with E-state index in [9.17, 15) is 0 Å². The largest absolute Gasteiger partial charge is 0.247 e. The van der Waals surface area contributed by atoms with Crippen molar-refractivity contribution >= 4 is 12.8 Å². The Labute approximate surface area is 56.6 Å². The Balaban J connectivity index is 2.52. The quantitative estimate of drug-likeness (QED) is 0.488. The molecule has 1 nitrogen and oxygen atoms in total. The SMILES string of the molecule is CC1CN(S)C1(C)C. The van der Waals surface area contributed by atoms with Crippen LogP contribution in [0.15, 0.2) is 0 Å². The maximum atomic E-state index is 4.26. The van der Waals surface area contributed by atoms with Gasteiger partial charge in [0.25, 0.3) is 0 Å². The van der Waals surface area contributed by atoms with E-state index in [1.54, 1.807) is 0 Å². The van der Waals surface area contributed by atoms with Crippen molar-refractivity contribution in [2.24, 2.45) is 5.92 Å². The highest BCUT2D eigenvalue weighted by Gasteiger charge is 2.41. The van der Waals surface area contributed by atoms with Gasteiger partial charge >= 0.3 is 0 Å². The molecule has 8 heavy (non-hydrogen) atoms. The molecule has 1 aliphatic rings. The average Bonchev–Trinajstić information content (AvgIpc) is 1.68. The summed E-state index contributed by atoms with van der Waals surface area (Å²) >= 11 is 4.26. The van der Waals surface area contributed by atoms with Gasteiger partial charge in [0.05, 0.1) is 0 Å². The van der Waals surface area contributed by atoms with Crippen LogP contribution < -0.4 is 0 Å². The van der Waals surface area contributed by atoms with E-state index in [0.29, 0.717) is 5.54 Å². The second-order valence-electron chi connectivity index (χ2n) is 3.14. The van der Waals surface area contributed by atoms with Gasteiger partial charge in [0.2, 0.25) is 0 Å². The summed E-state index contributed by atoms with van der Waals surface area (Å²) in [6, 6.07) is 0. The zero-order valence-corrected chi connectivity index (χ0v) is 6.57. The average molecular weight is 131 g/mol. The first kappa shape index (κ1) is 6.43. The fourth-order valence-electron chi connectivity index (χ4n) is 0.860. The first-order chi connectivity index (χ1) is 3.55. The highest BCUT2D eigenvalue weighted by molar-refractivity contribution is 7.77. The summed E-state index contributed by atoms with van der Waals surface area (Å²) in [4.78, 5) is 0. The summed E-state index contributed by atoms with van der Waals surface area (Å²) in [5.41, 5.74) is 0.336. The number of hydrogen-bond donors (Lipinski definition) is 1. The topological polar surface area (TPSA) is 3.24 Å². The number of hydrogen-bond acceptors (Lipinski definition) is 2. The summed E-state index contributed by atoms with van der Waals surface area (Å²) in [6.07, 6.45) is 0. The van der Waals surface area contributed by atoms with Crippen molar-refractivity contribution in [3.63, 3.8) is 0 Å². The molecule has 1 heterocycles. The Morgan fingerprint density at radius 3 is 2.12 bits per heavy atom. The van der Waals surface area contributed by atoms with E-state index < -0.39 is 0 Å². The molecular formula is C6H13NS. The molecule has 0 aliphatic carbocycles. The first-order valence-electron chi connectivity index (χ1n) is 3.01. The van der Waals surface area contributed by atoms with Crippen LogP contribution in [-0.2, 0) is 0 Å². The monoisotopic (exact) mass is 131 g/mol. The summed E-state index contributed by atoms with van der Waals surface area (Å²) < 4.78 is 2.08. The number of rotatable bonds is 0. The molecule has 0 radical (unpaired) electrons. The van der Waals surface area contributed by atoms with Crippen molar-refractivity contribution < 1.29 is 0 Å². The van der Waals surface area contributed by atoms with Crippen molar-refractivity contribution in [2.75, 3.05) is 6.54 Å². The van der Waals surface area contributed by atoms with Crippen molar-refractivity contribution in [3.05, 3.63) is 0 Å². The van der Waals surface area contributed by atoms with Gasteiger partial charge in [-0.05, 0) is 19.8 Å². The standard InChI is InChI=1S/C6H13NS/c1-5-4-7(8)6(5,2)3/h5,8H,4H2,1-3H3. The summed E-state index contributed by atoms with van der Waals surface area (Å²) in [7, 11) is 0. The van der Waals surface area contributed by atoms with Crippen LogP contribution in [0, 0.1) is 5.92 Å². The van der Waals surface area contributed by atoms with Gasteiger partial charge in [0, 0.05) is 12.1 Å². The third-order valence-electron chi connectivity index (χ3n) is 2.32. The smallest absolute Gasteiger partial charge is 0.0293 e. The van der Waals surface area contributed by atoms with Crippen LogP contribution >= 0.6 is 12.8 Å².